The summed E-state index contributed by atoms with van der Waals surface area (Å²) in [6, 6.07) is 81.4. The van der Waals surface area contributed by atoms with Crippen LogP contribution in [-0.4, -0.2) is 21.0 Å². The van der Waals surface area contributed by atoms with E-state index >= 15 is 0 Å². The third kappa shape index (κ3) is 7.00. The molecular weight excluding hydrogens is 829 g/mol. The van der Waals surface area contributed by atoms with E-state index in [1.54, 1.807) is 0 Å². The van der Waals surface area contributed by atoms with Crippen LogP contribution in [0, 0.1) is 0 Å². The van der Waals surface area contributed by atoms with Gasteiger partial charge in [0.15, 0.2) is 17.5 Å². The van der Waals surface area contributed by atoms with Crippen molar-refractivity contribution >= 4 is 28.4 Å². The highest BCUT2D eigenvalue weighted by Gasteiger charge is 2.43. The Morgan fingerprint density at radius 1 is 0.368 bits per heavy atom. The highest BCUT2D eigenvalue weighted by Crippen LogP contribution is 2.54. The maximum atomic E-state index is 6.80. The number of hydrogen-bond donors (Lipinski definition) is 0. The zero-order valence-corrected chi connectivity index (χ0v) is 36.9. The lowest BCUT2D eigenvalue weighted by atomic mass is 9.82. The first-order valence-corrected chi connectivity index (χ1v) is 23.2. The summed E-state index contributed by atoms with van der Waals surface area (Å²) >= 11 is 0. The minimum Gasteiger partial charge on any atom is -0.456 e. The van der Waals surface area contributed by atoms with Crippen LogP contribution in [0.25, 0.3) is 95.7 Å². The van der Waals surface area contributed by atoms with Gasteiger partial charge in [-0.05, 0) is 92.5 Å². The van der Waals surface area contributed by atoms with Crippen molar-refractivity contribution in [3.05, 3.63) is 253 Å². The molecule has 2 aromatic heterocycles. The molecule has 5 heteroatoms. The second kappa shape index (κ2) is 16.5. The van der Waals surface area contributed by atoms with Crippen molar-refractivity contribution in [3.8, 4) is 78.7 Å². The molecule has 1 aliphatic carbocycles. The molecule has 0 bridgehead atoms. The van der Waals surface area contributed by atoms with Crippen molar-refractivity contribution in [2.24, 2.45) is 0 Å². The molecule has 2 atom stereocenters. The Kier molecular flexibility index (Phi) is 9.57. The van der Waals surface area contributed by atoms with E-state index in [4.69, 9.17) is 19.4 Å². The molecule has 0 N–H and O–H groups in total. The third-order valence-corrected chi connectivity index (χ3v) is 13.5. The van der Waals surface area contributed by atoms with Gasteiger partial charge in [0.1, 0.15) is 11.3 Å². The highest BCUT2D eigenvalue weighted by molar-refractivity contribution is 5.92. The molecule has 0 spiro atoms. The molecule has 1 aliphatic heterocycles. The predicted octanol–water partition coefficient (Wildman–Crippen LogP) is 16.0. The van der Waals surface area contributed by atoms with Crippen molar-refractivity contribution < 1.29 is 4.42 Å². The molecule has 9 aromatic carbocycles. The summed E-state index contributed by atoms with van der Waals surface area (Å²) in [4.78, 5) is 17.9. The van der Waals surface area contributed by atoms with Crippen molar-refractivity contribution in [3.63, 3.8) is 0 Å². The molecule has 11 aromatic rings. The summed E-state index contributed by atoms with van der Waals surface area (Å²) in [7, 11) is 0. The average Bonchev–Trinajstić information content (AvgIpc) is 3.97. The van der Waals surface area contributed by atoms with Crippen LogP contribution in [0.5, 0.6) is 0 Å². The first-order chi connectivity index (χ1) is 33.7. The fourth-order valence-corrected chi connectivity index (χ4v) is 10.2. The smallest absolute Gasteiger partial charge is 0.164 e. The Bertz CT molecular complexity index is 3680. The summed E-state index contributed by atoms with van der Waals surface area (Å²) in [5.74, 6) is 2.76. The lowest BCUT2D eigenvalue weighted by Crippen LogP contribution is -2.30. The highest BCUT2D eigenvalue weighted by atomic mass is 16.3. The maximum absolute atomic E-state index is 6.80. The van der Waals surface area contributed by atoms with Crippen LogP contribution in [0.3, 0.4) is 0 Å². The topological polar surface area (TPSA) is 55.1 Å². The van der Waals surface area contributed by atoms with Gasteiger partial charge in [-0.1, -0.05) is 200 Å². The minimum atomic E-state index is 0.0706. The van der Waals surface area contributed by atoms with Crippen LogP contribution in [0.2, 0.25) is 0 Å². The molecule has 2 unspecified atom stereocenters. The standard InChI is InChI=1S/C63H42N4O/c1-4-14-41(15-5-1)44-26-28-46(29-27-44)61-64-62(50-23-13-22-49(39-50)43-18-8-3-9-19-43)66-63(65-61)51-32-35-54-58(40-51)68-57-37-36-56-59(60(54)57)53-24-10-11-25-55(53)67(56)52-33-30-45(31-34-52)48-21-12-20-47(38-48)42-16-6-2-7-17-42/h1-40,56,59H. The van der Waals surface area contributed by atoms with Gasteiger partial charge in [0.25, 0.3) is 0 Å². The monoisotopic (exact) mass is 870 g/mol. The number of fused-ring (bicyclic) bond motifs is 7. The van der Waals surface area contributed by atoms with E-state index in [0.717, 1.165) is 61.4 Å². The van der Waals surface area contributed by atoms with Crippen LogP contribution in [0.15, 0.2) is 241 Å². The Morgan fingerprint density at radius 3 is 1.44 bits per heavy atom. The van der Waals surface area contributed by atoms with Gasteiger partial charge in [-0.25, -0.2) is 15.0 Å². The number of aromatic nitrogens is 3. The normalized spacial score (nSPS) is 14.7. The van der Waals surface area contributed by atoms with Gasteiger partial charge in [0.2, 0.25) is 0 Å². The molecule has 0 radical (unpaired) electrons. The van der Waals surface area contributed by atoms with E-state index in [0.29, 0.717) is 17.5 Å². The number of benzene rings is 9. The van der Waals surface area contributed by atoms with E-state index in [-0.39, 0.29) is 12.0 Å². The summed E-state index contributed by atoms with van der Waals surface area (Å²) in [5.41, 5.74) is 17.7. The van der Waals surface area contributed by atoms with Crippen LogP contribution in [-0.2, 0) is 0 Å². The SMILES string of the molecule is C1=CC2C(c3ccccc3N2c2ccc(-c3cccc(-c4ccccc4)c3)cc2)c2c1oc1cc(-c3nc(-c4ccc(-c5ccccc5)cc4)nc(-c4cccc(-c5ccccc5)c4)n3)ccc21. The van der Waals surface area contributed by atoms with Crippen molar-refractivity contribution in [2.45, 2.75) is 12.0 Å². The van der Waals surface area contributed by atoms with Crippen LogP contribution < -0.4 is 4.90 Å². The second-order valence-corrected chi connectivity index (χ2v) is 17.5. The number of furan rings is 1. The molecule has 68 heavy (non-hydrogen) atoms. The molecule has 13 rings (SSSR count). The van der Waals surface area contributed by atoms with Crippen molar-refractivity contribution in [2.75, 3.05) is 4.90 Å². The Labute approximate surface area is 395 Å². The van der Waals surface area contributed by atoms with Crippen LogP contribution >= 0.6 is 0 Å². The van der Waals surface area contributed by atoms with Gasteiger partial charge in [-0.2, -0.15) is 0 Å². The van der Waals surface area contributed by atoms with Gasteiger partial charge in [-0.3, -0.25) is 0 Å². The summed E-state index contributed by atoms with van der Waals surface area (Å²) in [5, 5.41) is 1.09. The molecule has 0 saturated heterocycles. The summed E-state index contributed by atoms with van der Waals surface area (Å²) < 4.78 is 6.80. The van der Waals surface area contributed by atoms with Crippen molar-refractivity contribution in [1.82, 2.24) is 15.0 Å². The predicted molar refractivity (Wildman–Crippen MR) is 277 cm³/mol. The maximum Gasteiger partial charge on any atom is 0.164 e. The molecule has 2 aliphatic rings. The van der Waals surface area contributed by atoms with E-state index in [1.807, 2.05) is 12.1 Å². The van der Waals surface area contributed by atoms with E-state index < -0.39 is 0 Å². The van der Waals surface area contributed by atoms with Gasteiger partial charge >= 0.3 is 0 Å². The number of para-hydroxylation sites is 1. The molecule has 0 saturated carbocycles. The van der Waals surface area contributed by atoms with Gasteiger partial charge in [0, 0.05) is 44.9 Å². The summed E-state index contributed by atoms with van der Waals surface area (Å²) in [6.07, 6.45) is 4.47. The molecule has 320 valence electrons. The second-order valence-electron chi connectivity index (χ2n) is 17.5. The third-order valence-electron chi connectivity index (χ3n) is 13.5. The first kappa shape index (κ1) is 39.4. The average molecular weight is 871 g/mol. The quantitative estimate of drug-likeness (QED) is 0.152. The fourth-order valence-electron chi connectivity index (χ4n) is 10.2. The Hall–Kier alpha value is -8.93. The van der Waals surface area contributed by atoms with Crippen LogP contribution in [0.1, 0.15) is 22.8 Å². The number of hydrogen-bond acceptors (Lipinski definition) is 5. The Balaban J connectivity index is 0.862. The fraction of sp³-hybridized carbons (Fsp3) is 0.0317. The van der Waals surface area contributed by atoms with Gasteiger partial charge in [0.05, 0.1) is 6.04 Å². The van der Waals surface area contributed by atoms with Gasteiger partial charge < -0.3 is 9.32 Å². The number of rotatable bonds is 8. The lowest BCUT2D eigenvalue weighted by Gasteiger charge is -2.30. The number of nitrogens with zero attached hydrogens (tertiary/aromatic N) is 4. The molecule has 3 heterocycles. The van der Waals surface area contributed by atoms with E-state index in [2.05, 4.69) is 235 Å². The lowest BCUT2D eigenvalue weighted by molar-refractivity contribution is 0.584. The molecule has 0 fully saturated rings. The zero-order valence-electron chi connectivity index (χ0n) is 36.9. The van der Waals surface area contributed by atoms with E-state index in [1.165, 1.54) is 39.1 Å². The van der Waals surface area contributed by atoms with Crippen molar-refractivity contribution in [1.29, 1.82) is 0 Å². The molecule has 5 nitrogen and oxygen atoms in total. The van der Waals surface area contributed by atoms with Gasteiger partial charge in [-0.15, -0.1) is 0 Å². The number of anilines is 2. The van der Waals surface area contributed by atoms with E-state index in [9.17, 15) is 0 Å². The molecule has 0 amide bonds. The molecular formula is C63H42N4O. The minimum absolute atomic E-state index is 0.0706. The zero-order chi connectivity index (χ0) is 45.0. The first-order valence-electron chi connectivity index (χ1n) is 23.2. The largest absolute Gasteiger partial charge is 0.456 e. The summed E-state index contributed by atoms with van der Waals surface area (Å²) in [6.45, 7) is 0. The Morgan fingerprint density at radius 2 is 0.809 bits per heavy atom. The van der Waals surface area contributed by atoms with Crippen LogP contribution in [0.4, 0.5) is 11.4 Å².